The Kier molecular flexibility index (Phi) is 6.44. The molecule has 0 radical (unpaired) electrons. The van der Waals surface area contributed by atoms with Crippen LogP contribution in [0.3, 0.4) is 0 Å². The highest BCUT2D eigenvalue weighted by Gasteiger charge is 2.38. The molecule has 0 aliphatic carbocycles. The van der Waals surface area contributed by atoms with E-state index in [1.54, 1.807) is 25.6 Å². The summed E-state index contributed by atoms with van der Waals surface area (Å²) in [5.74, 6) is 1.12. The number of H-pyrrole nitrogens is 1. The van der Waals surface area contributed by atoms with E-state index in [0.717, 1.165) is 18.4 Å². The molecule has 9 heteroatoms. The Morgan fingerprint density at radius 2 is 2.25 bits per heavy atom. The van der Waals surface area contributed by atoms with Gasteiger partial charge in [0.25, 0.3) is 0 Å². The summed E-state index contributed by atoms with van der Waals surface area (Å²) in [6.45, 7) is 0. The molecule has 2 N–H and O–H groups in total. The van der Waals surface area contributed by atoms with Crippen LogP contribution in [0, 0.1) is 0 Å². The van der Waals surface area contributed by atoms with Gasteiger partial charge in [0, 0.05) is 31.3 Å². The van der Waals surface area contributed by atoms with Crippen LogP contribution < -0.4 is 10.1 Å². The van der Waals surface area contributed by atoms with Gasteiger partial charge in [-0.05, 0) is 37.8 Å². The molecule has 9 nitrogen and oxygen atoms in total. The number of hydrogen-bond donors (Lipinski definition) is 2. The number of allylic oxidation sites excluding steroid dienone is 1. The number of aromatic nitrogens is 4. The summed E-state index contributed by atoms with van der Waals surface area (Å²) in [6, 6.07) is 5.28. The van der Waals surface area contributed by atoms with Crippen LogP contribution in [0.4, 0.5) is 0 Å². The zero-order valence-electron chi connectivity index (χ0n) is 17.8. The number of Topliss-reactive ketones (excluding diaryl/α,β-unsaturated/α-hetero) is 1. The number of piperidine rings is 1. The summed E-state index contributed by atoms with van der Waals surface area (Å²) >= 11 is 0. The number of aromatic amines is 1. The number of ketones is 1. The third-order valence-electron chi connectivity index (χ3n) is 5.55. The Morgan fingerprint density at radius 1 is 1.34 bits per heavy atom. The van der Waals surface area contributed by atoms with Crippen LogP contribution >= 0.6 is 0 Å². The summed E-state index contributed by atoms with van der Waals surface area (Å²) in [4.78, 5) is 36.6. The van der Waals surface area contributed by atoms with Crippen LogP contribution in [-0.4, -0.2) is 38.9 Å². The molecule has 4 rings (SSSR count). The molecular formula is C23H25N5O4. The number of imidazole rings is 1. The minimum atomic E-state index is -0.629. The van der Waals surface area contributed by atoms with E-state index in [2.05, 4.69) is 20.4 Å². The van der Waals surface area contributed by atoms with Crippen molar-refractivity contribution in [3.8, 4) is 17.1 Å². The van der Waals surface area contributed by atoms with Crippen LogP contribution in [0.1, 0.15) is 54.8 Å². The Bertz CT molecular complexity index is 1110. The van der Waals surface area contributed by atoms with Crippen molar-refractivity contribution >= 4 is 11.7 Å². The zero-order chi connectivity index (χ0) is 22.4. The standard InChI is InChI=1S/C23H25N5O4/c1-31-21-16(7-6-13-24-21)18-15-25-22(26-18)23(12-5-9-20(30)27-23)11-4-2-3-8-19(29)17-10-14-32-28-17/h2,4,6-7,10,13-15H,3,5,8-9,11-12H2,1H3,(H,25,26)(H,27,30)/b4-2+/t23-/m1/s1. The van der Waals surface area contributed by atoms with E-state index >= 15 is 0 Å². The molecule has 1 aliphatic rings. The lowest BCUT2D eigenvalue weighted by atomic mass is 9.84. The highest BCUT2D eigenvalue weighted by molar-refractivity contribution is 5.94. The summed E-state index contributed by atoms with van der Waals surface area (Å²) in [7, 11) is 1.57. The van der Waals surface area contributed by atoms with E-state index in [1.165, 1.54) is 6.26 Å². The minimum Gasteiger partial charge on any atom is -0.481 e. The predicted octanol–water partition coefficient (Wildman–Crippen LogP) is 3.57. The average Bonchev–Trinajstić information content (AvgIpc) is 3.51. The number of ether oxygens (including phenoxy) is 1. The van der Waals surface area contributed by atoms with Crippen molar-refractivity contribution in [1.82, 2.24) is 25.4 Å². The molecule has 1 fully saturated rings. The largest absolute Gasteiger partial charge is 0.481 e. The molecule has 0 bridgehead atoms. The number of methoxy groups -OCH3 is 1. The van der Waals surface area contributed by atoms with Crippen molar-refractivity contribution in [2.45, 2.75) is 44.1 Å². The summed E-state index contributed by atoms with van der Waals surface area (Å²) in [5.41, 5.74) is 1.18. The first-order valence-corrected chi connectivity index (χ1v) is 10.6. The number of carbonyl (C=O) groups excluding carboxylic acids is 2. The first kappa shape index (κ1) is 21.5. The predicted molar refractivity (Wildman–Crippen MR) is 116 cm³/mol. The number of rotatable bonds is 9. The topological polar surface area (TPSA) is 123 Å². The summed E-state index contributed by atoms with van der Waals surface area (Å²) in [6.07, 6.45) is 12.3. The molecule has 1 saturated heterocycles. The number of amides is 1. The van der Waals surface area contributed by atoms with Crippen molar-refractivity contribution in [2.75, 3.05) is 7.11 Å². The van der Waals surface area contributed by atoms with Crippen LogP contribution in [-0.2, 0) is 10.3 Å². The molecule has 166 valence electrons. The van der Waals surface area contributed by atoms with E-state index in [9.17, 15) is 9.59 Å². The molecule has 1 aliphatic heterocycles. The molecular weight excluding hydrogens is 410 g/mol. The van der Waals surface area contributed by atoms with Crippen LogP contribution in [0.15, 0.2) is 53.5 Å². The maximum atomic E-state index is 12.3. The first-order chi connectivity index (χ1) is 15.6. The Labute approximate surface area is 185 Å². The molecule has 32 heavy (non-hydrogen) atoms. The Hall–Kier alpha value is -3.75. The Morgan fingerprint density at radius 3 is 3.03 bits per heavy atom. The number of nitrogens with zero attached hydrogens (tertiary/aromatic N) is 3. The first-order valence-electron chi connectivity index (χ1n) is 10.6. The van der Waals surface area contributed by atoms with E-state index in [4.69, 9.17) is 14.2 Å². The van der Waals surface area contributed by atoms with Crippen molar-refractivity contribution in [2.24, 2.45) is 0 Å². The van der Waals surface area contributed by atoms with E-state index < -0.39 is 5.54 Å². The van der Waals surface area contributed by atoms with E-state index in [1.807, 2.05) is 24.3 Å². The second-order valence-electron chi connectivity index (χ2n) is 7.70. The maximum absolute atomic E-state index is 12.3. The second kappa shape index (κ2) is 9.59. The molecule has 3 aromatic rings. The highest BCUT2D eigenvalue weighted by Crippen LogP contribution is 2.35. The molecule has 0 saturated carbocycles. The van der Waals surface area contributed by atoms with Gasteiger partial charge in [-0.2, -0.15) is 0 Å². The van der Waals surface area contributed by atoms with Gasteiger partial charge in [0.05, 0.1) is 18.4 Å². The van der Waals surface area contributed by atoms with Gasteiger partial charge in [-0.15, -0.1) is 0 Å². The molecule has 1 atom stereocenters. The second-order valence-corrected chi connectivity index (χ2v) is 7.70. The lowest BCUT2D eigenvalue weighted by Crippen LogP contribution is -2.49. The van der Waals surface area contributed by atoms with Gasteiger partial charge in [-0.25, -0.2) is 9.97 Å². The minimum absolute atomic E-state index is 0.00256. The lowest BCUT2D eigenvalue weighted by molar-refractivity contribution is -0.125. The average molecular weight is 435 g/mol. The molecule has 0 aromatic carbocycles. The van der Waals surface area contributed by atoms with Crippen molar-refractivity contribution in [3.05, 3.63) is 60.5 Å². The normalized spacial score (nSPS) is 18.6. The number of hydrogen-bond acceptors (Lipinski definition) is 7. The summed E-state index contributed by atoms with van der Waals surface area (Å²) in [5, 5.41) is 6.81. The molecule has 4 heterocycles. The molecule has 0 spiro atoms. The number of nitrogens with one attached hydrogen (secondary N) is 2. The maximum Gasteiger partial charge on any atom is 0.222 e. The van der Waals surface area contributed by atoms with Gasteiger partial charge in [-0.3, -0.25) is 9.59 Å². The van der Waals surface area contributed by atoms with Gasteiger partial charge in [0.15, 0.2) is 5.78 Å². The third-order valence-corrected chi connectivity index (χ3v) is 5.55. The highest BCUT2D eigenvalue weighted by atomic mass is 16.5. The van der Waals surface area contributed by atoms with Gasteiger partial charge in [0.1, 0.15) is 23.3 Å². The summed E-state index contributed by atoms with van der Waals surface area (Å²) < 4.78 is 10.1. The van der Waals surface area contributed by atoms with E-state index in [0.29, 0.717) is 48.8 Å². The Balaban J connectivity index is 1.49. The van der Waals surface area contributed by atoms with Crippen molar-refractivity contribution in [3.63, 3.8) is 0 Å². The van der Waals surface area contributed by atoms with Crippen molar-refractivity contribution in [1.29, 1.82) is 0 Å². The van der Waals surface area contributed by atoms with E-state index in [-0.39, 0.29) is 11.7 Å². The third kappa shape index (κ3) is 4.61. The molecule has 0 unspecified atom stereocenters. The quantitative estimate of drug-likeness (QED) is 0.389. The number of pyridine rings is 1. The van der Waals surface area contributed by atoms with Gasteiger partial charge in [-0.1, -0.05) is 17.3 Å². The molecule has 3 aromatic heterocycles. The fourth-order valence-corrected chi connectivity index (χ4v) is 3.92. The zero-order valence-corrected chi connectivity index (χ0v) is 17.8. The SMILES string of the molecule is COc1ncccc1-c1c[nH]c([C@@]2(C/C=C/CCC(=O)c3ccon3)CCCC(=O)N2)n1. The molecule has 1 amide bonds. The van der Waals surface area contributed by atoms with Gasteiger partial charge in [0.2, 0.25) is 11.8 Å². The van der Waals surface area contributed by atoms with Crippen molar-refractivity contribution < 1.29 is 18.8 Å². The van der Waals surface area contributed by atoms with Gasteiger partial charge >= 0.3 is 0 Å². The lowest BCUT2D eigenvalue weighted by Gasteiger charge is -2.35. The fourth-order valence-electron chi connectivity index (χ4n) is 3.92. The fraction of sp³-hybridized carbons (Fsp3) is 0.348. The smallest absolute Gasteiger partial charge is 0.222 e. The van der Waals surface area contributed by atoms with Crippen LogP contribution in [0.25, 0.3) is 11.3 Å². The monoisotopic (exact) mass is 435 g/mol. The van der Waals surface area contributed by atoms with Crippen LogP contribution in [0.5, 0.6) is 5.88 Å². The van der Waals surface area contributed by atoms with Gasteiger partial charge < -0.3 is 19.6 Å². The number of carbonyl (C=O) groups is 2. The van der Waals surface area contributed by atoms with Crippen LogP contribution in [0.2, 0.25) is 0 Å².